The van der Waals surface area contributed by atoms with Crippen LogP contribution in [-0.4, -0.2) is 37.9 Å². The molecule has 0 heterocycles. The molecule has 0 atom stereocenters. The summed E-state index contributed by atoms with van der Waals surface area (Å²) in [4.78, 5) is 24.0. The van der Waals surface area contributed by atoms with Gasteiger partial charge >= 0.3 is 24.2 Å². The molecule has 0 aliphatic rings. The Bertz CT molecular complexity index is 1410. The summed E-state index contributed by atoms with van der Waals surface area (Å²) >= 11 is 0. The van der Waals surface area contributed by atoms with Crippen LogP contribution in [0.1, 0.15) is 53.6 Å². The van der Waals surface area contributed by atoms with Crippen LogP contribution in [0.5, 0.6) is 11.5 Å². The Labute approximate surface area is 256 Å². The second-order valence-corrected chi connectivity index (χ2v) is 9.87. The number of nitrogen functional groups attached to an aromatic ring is 2. The van der Waals surface area contributed by atoms with Gasteiger partial charge < -0.3 is 30.4 Å². The fraction of sp³-hybridized carbons (Fsp3) is 0.312. The predicted octanol–water partition coefficient (Wildman–Crippen LogP) is 7.28. The van der Waals surface area contributed by atoms with Gasteiger partial charge in [0.25, 0.3) is 0 Å². The van der Waals surface area contributed by atoms with E-state index in [1.54, 1.807) is 0 Å². The highest BCUT2D eigenvalue weighted by molar-refractivity contribution is 5.91. The van der Waals surface area contributed by atoms with Gasteiger partial charge in [0, 0.05) is 30.3 Å². The minimum Gasteiger partial charge on any atom is -0.494 e. The summed E-state index contributed by atoms with van der Waals surface area (Å²) in [6.45, 7) is 0.170. The van der Waals surface area contributed by atoms with Crippen molar-refractivity contribution >= 4 is 29.4 Å². The van der Waals surface area contributed by atoms with Crippen molar-refractivity contribution in [1.82, 2.24) is 0 Å². The summed E-state index contributed by atoms with van der Waals surface area (Å²) in [6, 6.07) is 14.9. The van der Waals surface area contributed by atoms with E-state index in [4.69, 9.17) is 30.4 Å². The van der Waals surface area contributed by atoms with Crippen LogP contribution in [0.3, 0.4) is 0 Å². The van der Waals surface area contributed by atoms with Crippen molar-refractivity contribution in [3.8, 4) is 11.5 Å². The van der Waals surface area contributed by atoms with E-state index in [2.05, 4.69) is 0 Å². The van der Waals surface area contributed by atoms with Crippen molar-refractivity contribution in [3.05, 3.63) is 89.5 Å². The number of carbonyl (C=O) groups is 2. The molecular formula is C32H33F5N2O6. The Balaban J connectivity index is 1.36. The lowest BCUT2D eigenvalue weighted by atomic mass is 10.2. The first-order valence-electron chi connectivity index (χ1n) is 14.0. The maximum atomic E-state index is 14.7. The van der Waals surface area contributed by atoms with Crippen LogP contribution in [0.2, 0.25) is 0 Å². The molecule has 0 bridgehead atoms. The van der Waals surface area contributed by atoms with Gasteiger partial charge in [0.05, 0.1) is 30.9 Å². The molecule has 3 aromatic carbocycles. The van der Waals surface area contributed by atoms with E-state index in [0.717, 1.165) is 18.2 Å². The second kappa shape index (κ2) is 16.3. The van der Waals surface area contributed by atoms with Gasteiger partial charge in [0.15, 0.2) is 0 Å². The summed E-state index contributed by atoms with van der Waals surface area (Å²) in [7, 11) is 0. The minimum absolute atomic E-state index is 0.00412. The molecule has 0 spiro atoms. The van der Waals surface area contributed by atoms with Crippen molar-refractivity contribution in [2.24, 2.45) is 0 Å². The van der Waals surface area contributed by atoms with E-state index in [0.29, 0.717) is 35.5 Å². The molecule has 0 radical (unpaired) electrons. The lowest BCUT2D eigenvalue weighted by molar-refractivity contribution is -0.185. The number of benzene rings is 3. The fourth-order valence-electron chi connectivity index (χ4n) is 3.88. The monoisotopic (exact) mass is 636 g/mol. The van der Waals surface area contributed by atoms with Gasteiger partial charge in [0.1, 0.15) is 11.5 Å². The quantitative estimate of drug-likeness (QED) is 0.0553. The Hall–Kier alpha value is -4.81. The van der Waals surface area contributed by atoms with Crippen LogP contribution in [0.15, 0.2) is 72.8 Å². The Morgan fingerprint density at radius 1 is 0.711 bits per heavy atom. The van der Waals surface area contributed by atoms with Crippen molar-refractivity contribution in [1.29, 1.82) is 0 Å². The highest BCUT2D eigenvalue weighted by atomic mass is 19.4. The SMILES string of the molecule is Nc1cc(N)cc(C(=O)OCCCOC(=O)/C=C/c2ccc(OC(F)(F)c3ccc(OCCCCCC(F)(F)F)cc3)cc2)c1. The summed E-state index contributed by atoms with van der Waals surface area (Å²) in [5, 5.41) is 0. The van der Waals surface area contributed by atoms with Gasteiger partial charge in [0.2, 0.25) is 0 Å². The Morgan fingerprint density at radius 2 is 1.33 bits per heavy atom. The van der Waals surface area contributed by atoms with Crippen molar-refractivity contribution in [2.75, 3.05) is 31.3 Å². The summed E-state index contributed by atoms with van der Waals surface area (Å²) in [5.74, 6) is -1.06. The van der Waals surface area contributed by atoms with Gasteiger partial charge in [-0.3, -0.25) is 0 Å². The number of hydrogen-bond donors (Lipinski definition) is 2. The molecule has 13 heteroatoms. The van der Waals surface area contributed by atoms with E-state index in [1.165, 1.54) is 60.7 Å². The van der Waals surface area contributed by atoms with Gasteiger partial charge in [-0.2, -0.15) is 22.0 Å². The van der Waals surface area contributed by atoms with Gasteiger partial charge in [-0.25, -0.2) is 9.59 Å². The van der Waals surface area contributed by atoms with Crippen LogP contribution in [-0.2, 0) is 20.4 Å². The second-order valence-electron chi connectivity index (χ2n) is 9.87. The largest absolute Gasteiger partial charge is 0.494 e. The zero-order valence-electron chi connectivity index (χ0n) is 24.2. The number of rotatable bonds is 16. The summed E-state index contributed by atoms with van der Waals surface area (Å²) in [5.41, 5.74) is 12.3. The number of nitrogens with two attached hydrogens (primary N) is 2. The zero-order chi connectivity index (χ0) is 32.9. The first-order chi connectivity index (χ1) is 21.3. The van der Waals surface area contributed by atoms with E-state index in [9.17, 15) is 31.5 Å². The number of carbonyl (C=O) groups excluding carboxylic acids is 2. The smallest absolute Gasteiger partial charge is 0.426 e. The number of ether oxygens (including phenoxy) is 4. The molecule has 45 heavy (non-hydrogen) atoms. The van der Waals surface area contributed by atoms with Crippen LogP contribution >= 0.6 is 0 Å². The summed E-state index contributed by atoms with van der Waals surface area (Å²) in [6.07, 6.45) is -5.08. The van der Waals surface area contributed by atoms with Crippen molar-refractivity contribution in [2.45, 2.75) is 44.4 Å². The third kappa shape index (κ3) is 12.8. The molecule has 0 fully saturated rings. The number of anilines is 2. The molecule has 242 valence electrons. The van der Waals surface area contributed by atoms with Crippen LogP contribution < -0.4 is 20.9 Å². The van der Waals surface area contributed by atoms with E-state index < -0.39 is 36.2 Å². The summed E-state index contributed by atoms with van der Waals surface area (Å²) < 4.78 is 86.3. The average Bonchev–Trinajstić information content (AvgIpc) is 2.97. The molecule has 0 amide bonds. The van der Waals surface area contributed by atoms with Crippen molar-refractivity contribution in [3.63, 3.8) is 0 Å². The van der Waals surface area contributed by atoms with Crippen molar-refractivity contribution < 1.29 is 50.5 Å². The third-order valence-corrected chi connectivity index (χ3v) is 6.08. The van der Waals surface area contributed by atoms with Crippen LogP contribution in [0.4, 0.5) is 33.3 Å². The molecule has 0 aromatic heterocycles. The van der Waals surface area contributed by atoms with E-state index in [-0.39, 0.29) is 44.0 Å². The molecule has 0 unspecified atom stereocenters. The number of hydrogen-bond acceptors (Lipinski definition) is 8. The minimum atomic E-state index is -4.18. The lowest BCUT2D eigenvalue weighted by Crippen LogP contribution is -2.21. The molecule has 0 aliphatic carbocycles. The van der Waals surface area contributed by atoms with Gasteiger partial charge in [-0.15, -0.1) is 0 Å². The van der Waals surface area contributed by atoms with Gasteiger partial charge in [-0.1, -0.05) is 12.1 Å². The predicted molar refractivity (Wildman–Crippen MR) is 158 cm³/mol. The van der Waals surface area contributed by atoms with E-state index >= 15 is 0 Å². The first kappa shape index (κ1) is 34.7. The number of alkyl halides is 5. The normalized spacial score (nSPS) is 11.8. The third-order valence-electron chi connectivity index (χ3n) is 6.08. The van der Waals surface area contributed by atoms with E-state index in [1.807, 2.05) is 0 Å². The molecule has 3 aromatic rings. The maximum absolute atomic E-state index is 14.7. The van der Waals surface area contributed by atoms with Crippen LogP contribution in [0.25, 0.3) is 6.08 Å². The molecular weight excluding hydrogens is 603 g/mol. The highest BCUT2D eigenvalue weighted by Crippen LogP contribution is 2.33. The van der Waals surface area contributed by atoms with Crippen LogP contribution in [0, 0.1) is 0 Å². The van der Waals surface area contributed by atoms with Gasteiger partial charge in [-0.05, 0) is 85.5 Å². The maximum Gasteiger partial charge on any atom is 0.426 e. The number of unbranched alkanes of at least 4 members (excludes halogenated alkanes) is 2. The highest BCUT2D eigenvalue weighted by Gasteiger charge is 2.34. The number of halogens is 5. The molecule has 3 rings (SSSR count). The molecule has 4 N–H and O–H groups in total. The Morgan fingerprint density at radius 3 is 1.98 bits per heavy atom. The molecule has 0 saturated carbocycles. The first-order valence-corrected chi connectivity index (χ1v) is 14.0. The molecule has 0 saturated heterocycles. The fourth-order valence-corrected chi connectivity index (χ4v) is 3.88. The molecule has 0 aliphatic heterocycles. The zero-order valence-corrected chi connectivity index (χ0v) is 24.2. The topological polar surface area (TPSA) is 123 Å². The Kier molecular flexibility index (Phi) is 12.6. The number of esters is 2. The standard InChI is InChI=1S/C32H33F5N2O6/c33-31(34,35)15-2-1-3-16-42-27-12-8-24(9-13-27)32(36,37)45-28-10-5-22(6-11-28)7-14-29(40)43-17-4-18-44-30(41)23-19-25(38)21-26(39)20-23/h5-14,19-21H,1-4,15-18,38-39H2/b14-7+. The molecule has 8 nitrogen and oxygen atoms in total. The average molecular weight is 637 g/mol. The lowest BCUT2D eigenvalue weighted by Gasteiger charge is -2.18.